The van der Waals surface area contributed by atoms with E-state index in [9.17, 15) is 9.90 Å². The predicted molar refractivity (Wildman–Crippen MR) is 83.3 cm³/mol. The van der Waals surface area contributed by atoms with Crippen LogP contribution in [0.15, 0.2) is 46.9 Å². The zero-order valence-corrected chi connectivity index (χ0v) is 12.9. The highest BCUT2D eigenvalue weighted by Crippen LogP contribution is 2.22. The van der Waals surface area contributed by atoms with Gasteiger partial charge in [0.15, 0.2) is 0 Å². The molecule has 2 aromatic rings. The summed E-state index contributed by atoms with van der Waals surface area (Å²) >= 11 is 9.04. The molecule has 3 nitrogen and oxygen atoms in total. The van der Waals surface area contributed by atoms with Crippen molar-refractivity contribution < 1.29 is 9.90 Å². The van der Waals surface area contributed by atoms with Crippen molar-refractivity contribution in [1.29, 1.82) is 0 Å². The van der Waals surface area contributed by atoms with Gasteiger partial charge in [-0.25, -0.2) is 0 Å². The van der Waals surface area contributed by atoms with Crippen molar-refractivity contribution >= 4 is 33.4 Å². The van der Waals surface area contributed by atoms with Crippen molar-refractivity contribution in [2.45, 2.75) is 6.42 Å². The highest BCUT2D eigenvalue weighted by molar-refractivity contribution is 9.10. The van der Waals surface area contributed by atoms with Crippen LogP contribution in [0.5, 0.6) is 5.75 Å². The Morgan fingerprint density at radius 1 is 1.20 bits per heavy atom. The zero-order valence-electron chi connectivity index (χ0n) is 10.6. The van der Waals surface area contributed by atoms with E-state index in [1.807, 2.05) is 24.3 Å². The van der Waals surface area contributed by atoms with E-state index in [1.54, 1.807) is 12.1 Å². The van der Waals surface area contributed by atoms with Gasteiger partial charge in [-0.2, -0.15) is 0 Å². The van der Waals surface area contributed by atoms with Gasteiger partial charge in [-0.3, -0.25) is 4.79 Å². The fourth-order valence-corrected chi connectivity index (χ4v) is 2.24. The van der Waals surface area contributed by atoms with Crippen molar-refractivity contribution in [1.82, 2.24) is 5.32 Å². The van der Waals surface area contributed by atoms with Gasteiger partial charge in [0, 0.05) is 16.0 Å². The Morgan fingerprint density at radius 3 is 2.55 bits per heavy atom. The van der Waals surface area contributed by atoms with Gasteiger partial charge >= 0.3 is 0 Å². The number of amides is 1. The number of aromatic hydroxyl groups is 1. The fraction of sp³-hybridized carbons (Fsp3) is 0.133. The highest BCUT2D eigenvalue weighted by Gasteiger charge is 2.10. The number of phenolic OH excluding ortho intramolecular Hbond substituents is 1. The van der Waals surface area contributed by atoms with Crippen LogP contribution in [-0.4, -0.2) is 17.6 Å². The standard InChI is InChI=1S/C15H13BrClNO2/c16-11-3-6-13(14(19)9-11)15(20)18-8-7-10-1-4-12(17)5-2-10/h1-6,9,19H,7-8H2,(H,18,20). The second-order valence-electron chi connectivity index (χ2n) is 4.29. The average molecular weight is 355 g/mol. The number of hydrogen-bond acceptors (Lipinski definition) is 2. The van der Waals surface area contributed by atoms with E-state index >= 15 is 0 Å². The Kier molecular flexibility index (Phi) is 5.04. The van der Waals surface area contributed by atoms with Gasteiger partial charge in [0.2, 0.25) is 0 Å². The van der Waals surface area contributed by atoms with E-state index < -0.39 is 0 Å². The fourth-order valence-electron chi connectivity index (χ4n) is 1.76. The second-order valence-corrected chi connectivity index (χ2v) is 5.65. The third kappa shape index (κ3) is 3.99. The number of carbonyl (C=O) groups is 1. The minimum atomic E-state index is -0.288. The van der Waals surface area contributed by atoms with Crippen LogP contribution in [0.4, 0.5) is 0 Å². The average Bonchev–Trinajstić information content (AvgIpc) is 2.41. The first kappa shape index (κ1) is 14.9. The minimum Gasteiger partial charge on any atom is -0.507 e. The van der Waals surface area contributed by atoms with Crippen molar-refractivity contribution in [3.8, 4) is 5.75 Å². The number of halogens is 2. The first-order valence-corrected chi connectivity index (χ1v) is 7.24. The number of benzene rings is 2. The molecule has 104 valence electrons. The summed E-state index contributed by atoms with van der Waals surface area (Å²) in [4.78, 5) is 11.9. The van der Waals surface area contributed by atoms with E-state index in [0.29, 0.717) is 18.0 Å². The second kappa shape index (κ2) is 6.77. The maximum Gasteiger partial charge on any atom is 0.255 e. The number of phenols is 1. The summed E-state index contributed by atoms with van der Waals surface area (Å²) in [6.45, 7) is 0.496. The number of nitrogens with one attached hydrogen (secondary N) is 1. The van der Waals surface area contributed by atoms with E-state index in [-0.39, 0.29) is 17.2 Å². The molecule has 0 fully saturated rings. The van der Waals surface area contributed by atoms with Gasteiger partial charge in [-0.1, -0.05) is 39.7 Å². The SMILES string of the molecule is O=C(NCCc1ccc(Cl)cc1)c1ccc(Br)cc1O. The molecule has 0 unspecified atom stereocenters. The first-order chi connectivity index (χ1) is 9.56. The van der Waals surface area contributed by atoms with Crippen LogP contribution in [0.25, 0.3) is 0 Å². The third-order valence-electron chi connectivity index (χ3n) is 2.82. The van der Waals surface area contributed by atoms with Crippen molar-refractivity contribution in [3.05, 3.63) is 63.1 Å². The lowest BCUT2D eigenvalue weighted by Gasteiger charge is -2.07. The van der Waals surface area contributed by atoms with Crippen molar-refractivity contribution in [2.75, 3.05) is 6.54 Å². The largest absolute Gasteiger partial charge is 0.507 e. The van der Waals surface area contributed by atoms with Gasteiger partial charge in [-0.15, -0.1) is 0 Å². The Bertz CT molecular complexity index is 614. The molecule has 1 amide bonds. The van der Waals surface area contributed by atoms with Gasteiger partial charge in [0.1, 0.15) is 5.75 Å². The Hall–Kier alpha value is -1.52. The molecule has 2 N–H and O–H groups in total. The van der Waals surface area contributed by atoms with Crippen LogP contribution in [0.2, 0.25) is 5.02 Å². The molecule has 0 radical (unpaired) electrons. The van der Waals surface area contributed by atoms with Crippen molar-refractivity contribution in [3.63, 3.8) is 0 Å². The van der Waals surface area contributed by atoms with Crippen molar-refractivity contribution in [2.24, 2.45) is 0 Å². The van der Waals surface area contributed by atoms with Gasteiger partial charge < -0.3 is 10.4 Å². The number of hydrogen-bond donors (Lipinski definition) is 2. The van der Waals surface area contributed by atoms with Crippen LogP contribution in [-0.2, 0) is 6.42 Å². The topological polar surface area (TPSA) is 49.3 Å². The molecule has 0 heterocycles. The molecule has 2 aromatic carbocycles. The monoisotopic (exact) mass is 353 g/mol. The summed E-state index contributed by atoms with van der Waals surface area (Å²) in [6.07, 6.45) is 0.709. The maximum absolute atomic E-state index is 11.9. The molecular weight excluding hydrogens is 342 g/mol. The third-order valence-corrected chi connectivity index (χ3v) is 3.56. The van der Waals surface area contributed by atoms with Crippen LogP contribution < -0.4 is 5.32 Å². The summed E-state index contributed by atoms with van der Waals surface area (Å²) in [5, 5.41) is 13.2. The highest BCUT2D eigenvalue weighted by atomic mass is 79.9. The lowest BCUT2D eigenvalue weighted by Crippen LogP contribution is -2.25. The molecule has 0 aliphatic rings. The Balaban J connectivity index is 1.90. The smallest absolute Gasteiger partial charge is 0.255 e. The zero-order chi connectivity index (χ0) is 14.5. The summed E-state index contributed by atoms with van der Waals surface area (Å²) in [5.74, 6) is -0.327. The molecular formula is C15H13BrClNO2. The molecule has 0 aliphatic carbocycles. The molecule has 5 heteroatoms. The summed E-state index contributed by atoms with van der Waals surface area (Å²) in [7, 11) is 0. The van der Waals surface area contributed by atoms with E-state index in [1.165, 1.54) is 6.07 Å². The molecule has 0 atom stereocenters. The Labute approximate surface area is 130 Å². The molecule has 20 heavy (non-hydrogen) atoms. The summed E-state index contributed by atoms with van der Waals surface area (Å²) in [6, 6.07) is 12.3. The summed E-state index contributed by atoms with van der Waals surface area (Å²) < 4.78 is 0.729. The van der Waals surface area contributed by atoms with Crippen LogP contribution in [0.3, 0.4) is 0 Å². The lowest BCUT2D eigenvalue weighted by atomic mass is 10.1. The lowest BCUT2D eigenvalue weighted by molar-refractivity contribution is 0.0951. The number of rotatable bonds is 4. The summed E-state index contributed by atoms with van der Waals surface area (Å²) in [5.41, 5.74) is 1.36. The quantitative estimate of drug-likeness (QED) is 0.878. The molecule has 0 bridgehead atoms. The minimum absolute atomic E-state index is 0.0385. The van der Waals surface area contributed by atoms with Gasteiger partial charge in [0.25, 0.3) is 5.91 Å². The van der Waals surface area contributed by atoms with Crippen LogP contribution in [0, 0.1) is 0 Å². The van der Waals surface area contributed by atoms with Crippen LogP contribution in [0.1, 0.15) is 15.9 Å². The molecule has 0 saturated heterocycles. The normalized spacial score (nSPS) is 10.3. The van der Waals surface area contributed by atoms with E-state index in [0.717, 1.165) is 10.0 Å². The number of carbonyl (C=O) groups excluding carboxylic acids is 1. The molecule has 2 rings (SSSR count). The predicted octanol–water partition coefficient (Wildman–Crippen LogP) is 3.78. The van der Waals surface area contributed by atoms with Crippen LogP contribution >= 0.6 is 27.5 Å². The Morgan fingerprint density at radius 2 is 1.90 bits per heavy atom. The molecule has 0 spiro atoms. The maximum atomic E-state index is 11.9. The van der Waals surface area contributed by atoms with Gasteiger partial charge in [-0.05, 0) is 42.3 Å². The van der Waals surface area contributed by atoms with Gasteiger partial charge in [0.05, 0.1) is 5.56 Å². The first-order valence-electron chi connectivity index (χ1n) is 6.07. The molecule has 0 saturated carbocycles. The van der Waals surface area contributed by atoms with E-state index in [2.05, 4.69) is 21.2 Å². The molecule has 0 aromatic heterocycles. The van der Waals surface area contributed by atoms with E-state index in [4.69, 9.17) is 11.6 Å². The molecule has 0 aliphatic heterocycles.